The van der Waals surface area contributed by atoms with Crippen LogP contribution >= 0.6 is 0 Å². The molecule has 0 spiro atoms. The molecule has 1 aromatic rings. The topological polar surface area (TPSA) is 61.8 Å². The fraction of sp³-hybridized carbons (Fsp3) is 0.562. The highest BCUT2D eigenvalue weighted by Crippen LogP contribution is 2.10. The second kappa shape index (κ2) is 8.12. The first-order valence-corrected chi connectivity index (χ1v) is 7.50. The summed E-state index contributed by atoms with van der Waals surface area (Å²) in [6.07, 6.45) is 0.467. The first kappa shape index (κ1) is 15.9. The van der Waals surface area contributed by atoms with Crippen molar-refractivity contribution >= 4 is 5.91 Å². The fourth-order valence-electron chi connectivity index (χ4n) is 2.49. The molecule has 116 valence electrons. The molecule has 0 aliphatic carbocycles. The van der Waals surface area contributed by atoms with Gasteiger partial charge in [0.15, 0.2) is 0 Å². The predicted octanol–water partition coefficient (Wildman–Crippen LogP) is 0.906. The molecule has 1 aliphatic rings. The Bertz CT molecular complexity index is 465. The molecule has 1 heterocycles. The molecule has 0 saturated carbocycles. The number of amides is 1. The first-order valence-electron chi connectivity index (χ1n) is 7.50. The summed E-state index contributed by atoms with van der Waals surface area (Å²) in [5, 5.41) is 12.4. The van der Waals surface area contributed by atoms with Gasteiger partial charge in [-0.25, -0.2) is 0 Å². The van der Waals surface area contributed by atoms with Gasteiger partial charge >= 0.3 is 0 Å². The van der Waals surface area contributed by atoms with Gasteiger partial charge < -0.3 is 15.2 Å². The normalized spacial score (nSPS) is 18.9. The molecule has 0 unspecified atom stereocenters. The number of nitrogens with one attached hydrogen (secondary N) is 1. The summed E-state index contributed by atoms with van der Waals surface area (Å²) in [4.78, 5) is 13.9. The van der Waals surface area contributed by atoms with E-state index >= 15 is 0 Å². The molecular formula is C16H24N2O3. The van der Waals surface area contributed by atoms with E-state index in [4.69, 9.17) is 4.74 Å². The Morgan fingerprint density at radius 2 is 2.19 bits per heavy atom. The zero-order valence-electron chi connectivity index (χ0n) is 12.5. The second-order valence-electron chi connectivity index (χ2n) is 5.36. The van der Waals surface area contributed by atoms with E-state index in [0.717, 1.165) is 24.1 Å². The van der Waals surface area contributed by atoms with E-state index in [-0.39, 0.29) is 12.0 Å². The molecule has 5 nitrogen and oxygen atoms in total. The average molecular weight is 292 g/mol. The number of hydrogen-bond acceptors (Lipinski definition) is 4. The van der Waals surface area contributed by atoms with Crippen LogP contribution in [0, 0.1) is 0 Å². The second-order valence-corrected chi connectivity index (χ2v) is 5.36. The standard InChI is InChI=1S/C16H24N2O3/c1-2-21-12-14-6-4-3-5-13(14)9-17-16(20)11-18-8-7-15(19)10-18/h3-6,15,19H,2,7-12H2,1H3,(H,17,20)/t15-/m0/s1. The van der Waals surface area contributed by atoms with Crippen molar-refractivity contribution in [2.24, 2.45) is 0 Å². The van der Waals surface area contributed by atoms with Crippen LogP contribution in [0.15, 0.2) is 24.3 Å². The molecule has 1 saturated heterocycles. The van der Waals surface area contributed by atoms with E-state index in [9.17, 15) is 9.90 Å². The zero-order chi connectivity index (χ0) is 15.1. The van der Waals surface area contributed by atoms with Gasteiger partial charge in [-0.15, -0.1) is 0 Å². The van der Waals surface area contributed by atoms with Crippen molar-refractivity contribution in [3.63, 3.8) is 0 Å². The average Bonchev–Trinajstić information content (AvgIpc) is 2.89. The fourth-order valence-corrected chi connectivity index (χ4v) is 2.49. The molecule has 1 aromatic carbocycles. The summed E-state index contributed by atoms with van der Waals surface area (Å²) in [6, 6.07) is 7.97. The van der Waals surface area contributed by atoms with E-state index in [1.54, 1.807) is 0 Å². The van der Waals surface area contributed by atoms with Crippen molar-refractivity contribution in [2.75, 3.05) is 26.2 Å². The Hall–Kier alpha value is -1.43. The third-order valence-electron chi connectivity index (χ3n) is 3.67. The van der Waals surface area contributed by atoms with Crippen molar-refractivity contribution in [2.45, 2.75) is 32.6 Å². The van der Waals surface area contributed by atoms with Crippen molar-refractivity contribution < 1.29 is 14.6 Å². The van der Waals surface area contributed by atoms with Crippen LogP contribution in [-0.4, -0.2) is 48.3 Å². The maximum absolute atomic E-state index is 11.9. The van der Waals surface area contributed by atoms with Crippen molar-refractivity contribution in [1.29, 1.82) is 0 Å². The molecule has 1 amide bonds. The summed E-state index contributed by atoms with van der Waals surface area (Å²) < 4.78 is 5.44. The van der Waals surface area contributed by atoms with Gasteiger partial charge in [-0.2, -0.15) is 0 Å². The molecule has 5 heteroatoms. The highest BCUT2D eigenvalue weighted by Gasteiger charge is 2.21. The van der Waals surface area contributed by atoms with Gasteiger partial charge in [0, 0.05) is 26.2 Å². The SMILES string of the molecule is CCOCc1ccccc1CNC(=O)CN1CC[C@H](O)C1. The minimum Gasteiger partial charge on any atom is -0.392 e. The van der Waals surface area contributed by atoms with Gasteiger partial charge in [0.25, 0.3) is 0 Å². The summed E-state index contributed by atoms with van der Waals surface area (Å²) in [5.41, 5.74) is 2.19. The Morgan fingerprint density at radius 1 is 1.43 bits per heavy atom. The van der Waals surface area contributed by atoms with Gasteiger partial charge in [-0.1, -0.05) is 24.3 Å². The number of carbonyl (C=O) groups is 1. The minimum absolute atomic E-state index is 0.00434. The van der Waals surface area contributed by atoms with Crippen LogP contribution in [0.3, 0.4) is 0 Å². The van der Waals surface area contributed by atoms with Gasteiger partial charge in [0.05, 0.1) is 19.3 Å². The van der Waals surface area contributed by atoms with Gasteiger partial charge in [-0.3, -0.25) is 9.69 Å². The molecule has 2 N–H and O–H groups in total. The monoisotopic (exact) mass is 292 g/mol. The molecule has 0 bridgehead atoms. The molecule has 2 rings (SSSR count). The lowest BCUT2D eigenvalue weighted by Gasteiger charge is -2.15. The van der Waals surface area contributed by atoms with Crippen LogP contribution < -0.4 is 5.32 Å². The van der Waals surface area contributed by atoms with Gasteiger partial charge in [0.1, 0.15) is 0 Å². The highest BCUT2D eigenvalue weighted by atomic mass is 16.5. The number of aliphatic hydroxyl groups is 1. The number of ether oxygens (including phenoxy) is 1. The lowest BCUT2D eigenvalue weighted by atomic mass is 10.1. The van der Waals surface area contributed by atoms with E-state index in [1.165, 1.54) is 0 Å². The maximum atomic E-state index is 11.9. The minimum atomic E-state index is -0.287. The number of likely N-dealkylation sites (tertiary alicyclic amines) is 1. The highest BCUT2D eigenvalue weighted by molar-refractivity contribution is 5.78. The third-order valence-corrected chi connectivity index (χ3v) is 3.67. The van der Waals surface area contributed by atoms with Crippen molar-refractivity contribution in [3.8, 4) is 0 Å². The largest absolute Gasteiger partial charge is 0.392 e. The number of rotatable bonds is 7. The zero-order valence-corrected chi connectivity index (χ0v) is 12.5. The van der Waals surface area contributed by atoms with E-state index < -0.39 is 0 Å². The summed E-state index contributed by atoms with van der Waals surface area (Å²) >= 11 is 0. The summed E-state index contributed by atoms with van der Waals surface area (Å²) in [5.74, 6) is -0.00434. The first-order chi connectivity index (χ1) is 10.2. The summed E-state index contributed by atoms with van der Waals surface area (Å²) in [6.45, 7) is 5.46. The number of aliphatic hydroxyl groups excluding tert-OH is 1. The molecule has 1 fully saturated rings. The van der Waals surface area contributed by atoms with Crippen LogP contribution in [0.5, 0.6) is 0 Å². The van der Waals surface area contributed by atoms with Crippen LogP contribution in [0.2, 0.25) is 0 Å². The number of hydrogen-bond donors (Lipinski definition) is 2. The Morgan fingerprint density at radius 3 is 2.86 bits per heavy atom. The predicted molar refractivity (Wildman–Crippen MR) is 80.7 cm³/mol. The Balaban J connectivity index is 1.80. The molecule has 0 aromatic heterocycles. The van der Waals surface area contributed by atoms with Crippen LogP contribution in [0.25, 0.3) is 0 Å². The van der Waals surface area contributed by atoms with E-state index in [1.807, 2.05) is 36.1 Å². The van der Waals surface area contributed by atoms with Crippen LogP contribution in [0.4, 0.5) is 0 Å². The van der Waals surface area contributed by atoms with E-state index in [0.29, 0.717) is 32.8 Å². The number of benzene rings is 1. The molecule has 0 radical (unpaired) electrons. The molecule has 1 aliphatic heterocycles. The van der Waals surface area contributed by atoms with E-state index in [2.05, 4.69) is 5.32 Å². The smallest absolute Gasteiger partial charge is 0.234 e. The molecule has 1 atom stereocenters. The molecular weight excluding hydrogens is 268 g/mol. The maximum Gasteiger partial charge on any atom is 0.234 e. The Kier molecular flexibility index (Phi) is 6.17. The van der Waals surface area contributed by atoms with Crippen molar-refractivity contribution in [1.82, 2.24) is 10.2 Å². The van der Waals surface area contributed by atoms with Crippen LogP contribution in [0.1, 0.15) is 24.5 Å². The van der Waals surface area contributed by atoms with Gasteiger partial charge in [0.2, 0.25) is 5.91 Å². The lowest BCUT2D eigenvalue weighted by Crippen LogP contribution is -2.36. The quantitative estimate of drug-likeness (QED) is 0.784. The lowest BCUT2D eigenvalue weighted by molar-refractivity contribution is -0.122. The van der Waals surface area contributed by atoms with Crippen LogP contribution in [-0.2, 0) is 22.7 Å². The molecule has 21 heavy (non-hydrogen) atoms. The van der Waals surface area contributed by atoms with Gasteiger partial charge in [-0.05, 0) is 24.5 Å². The Labute approximate surface area is 125 Å². The third kappa shape index (κ3) is 5.12. The number of carbonyl (C=O) groups excluding carboxylic acids is 1. The number of nitrogens with zero attached hydrogens (tertiary/aromatic N) is 1. The summed E-state index contributed by atoms with van der Waals surface area (Å²) in [7, 11) is 0. The number of β-amino-alcohol motifs (C(OH)–C–C–N with tert-alkyl or cyclic N) is 1. The van der Waals surface area contributed by atoms with Crippen molar-refractivity contribution in [3.05, 3.63) is 35.4 Å².